The van der Waals surface area contributed by atoms with E-state index in [1.54, 1.807) is 12.1 Å². The topological polar surface area (TPSA) is 49.8 Å². The fourth-order valence-corrected chi connectivity index (χ4v) is 2.65. The van der Waals surface area contributed by atoms with Gasteiger partial charge in [-0.05, 0) is 51.0 Å². The predicted octanol–water partition coefficient (Wildman–Crippen LogP) is 3.19. The van der Waals surface area contributed by atoms with E-state index in [0.717, 1.165) is 18.5 Å². The number of nitrogens with zero attached hydrogens (tertiary/aromatic N) is 1. The molecule has 1 aliphatic heterocycles. The van der Waals surface area contributed by atoms with Crippen LogP contribution in [0.3, 0.4) is 0 Å². The Morgan fingerprint density at radius 2 is 2.10 bits per heavy atom. The van der Waals surface area contributed by atoms with Crippen molar-refractivity contribution in [1.82, 2.24) is 0 Å². The highest BCUT2D eigenvalue weighted by Gasteiger charge is 2.32. The van der Waals surface area contributed by atoms with Gasteiger partial charge in [-0.25, -0.2) is 0 Å². The van der Waals surface area contributed by atoms with E-state index in [2.05, 4.69) is 13.8 Å². The molecule has 1 aliphatic rings. The molecule has 0 aliphatic carbocycles. The molecule has 1 fully saturated rings. The molecule has 1 unspecified atom stereocenters. The quantitative estimate of drug-likeness (QED) is 0.907. The second-order valence-electron chi connectivity index (χ2n) is 5.79. The van der Waals surface area contributed by atoms with Crippen LogP contribution in [0, 0.1) is 0 Å². The van der Waals surface area contributed by atoms with Gasteiger partial charge in [-0.15, -0.1) is 0 Å². The highest BCUT2D eigenvalue weighted by atomic mass is 35.5. The summed E-state index contributed by atoms with van der Waals surface area (Å²) in [6.45, 7) is 4.67. The number of anilines is 1. The average molecular weight is 298 g/mol. The third kappa shape index (κ3) is 4.12. The van der Waals surface area contributed by atoms with Gasteiger partial charge in [0.05, 0.1) is 11.7 Å². The van der Waals surface area contributed by atoms with Gasteiger partial charge >= 0.3 is 5.97 Å². The van der Waals surface area contributed by atoms with Crippen LogP contribution in [-0.4, -0.2) is 35.9 Å². The Morgan fingerprint density at radius 3 is 2.60 bits per heavy atom. The molecule has 1 aromatic carbocycles. The Bertz CT molecular complexity index is 473. The lowest BCUT2D eigenvalue weighted by Gasteiger charge is -2.27. The zero-order valence-corrected chi connectivity index (χ0v) is 12.6. The number of carboxylic acid groups (broad SMARTS) is 1. The van der Waals surface area contributed by atoms with E-state index in [-0.39, 0.29) is 18.2 Å². The summed E-state index contributed by atoms with van der Waals surface area (Å²) < 4.78 is 5.95. The monoisotopic (exact) mass is 297 g/mol. The molecule has 110 valence electrons. The molecule has 5 heteroatoms. The maximum Gasteiger partial charge on any atom is 0.323 e. The fraction of sp³-hybridized carbons (Fsp3) is 0.533. The first kappa shape index (κ1) is 15.1. The Kier molecular flexibility index (Phi) is 4.55. The van der Waals surface area contributed by atoms with Crippen LogP contribution in [0.15, 0.2) is 24.3 Å². The molecule has 1 atom stereocenters. The van der Waals surface area contributed by atoms with E-state index in [1.165, 1.54) is 0 Å². The van der Waals surface area contributed by atoms with Crippen molar-refractivity contribution in [2.24, 2.45) is 0 Å². The number of benzene rings is 1. The molecule has 0 aromatic heterocycles. The Labute approximate surface area is 124 Å². The van der Waals surface area contributed by atoms with Crippen LogP contribution in [0.1, 0.15) is 26.7 Å². The molecular formula is C15H20ClNO3. The lowest BCUT2D eigenvalue weighted by atomic mass is 10.1. The lowest BCUT2D eigenvalue weighted by molar-refractivity contribution is -0.135. The maximum absolute atomic E-state index is 11.0. The van der Waals surface area contributed by atoms with Crippen LogP contribution in [0.4, 0.5) is 5.69 Å². The molecule has 0 spiro atoms. The third-order valence-corrected chi connectivity index (χ3v) is 3.75. The average Bonchev–Trinajstić information content (AvgIpc) is 2.68. The second kappa shape index (κ2) is 6.02. The van der Waals surface area contributed by atoms with Gasteiger partial charge in [0.15, 0.2) is 0 Å². The zero-order chi connectivity index (χ0) is 14.8. The van der Waals surface area contributed by atoms with Gasteiger partial charge in [-0.3, -0.25) is 4.79 Å². The molecule has 1 N–H and O–H groups in total. The number of rotatable bonds is 5. The first-order valence-corrected chi connectivity index (χ1v) is 7.14. The van der Waals surface area contributed by atoms with E-state index in [1.807, 2.05) is 17.0 Å². The van der Waals surface area contributed by atoms with Crippen molar-refractivity contribution in [3.8, 4) is 0 Å². The highest BCUT2D eigenvalue weighted by Crippen LogP contribution is 2.30. The minimum atomic E-state index is -0.850. The van der Waals surface area contributed by atoms with Gasteiger partial charge in [0.1, 0.15) is 6.54 Å². The second-order valence-corrected chi connectivity index (χ2v) is 6.23. The molecule has 1 saturated heterocycles. The van der Waals surface area contributed by atoms with E-state index < -0.39 is 5.97 Å². The number of hydrogen-bond acceptors (Lipinski definition) is 3. The molecule has 4 nitrogen and oxygen atoms in total. The van der Waals surface area contributed by atoms with Crippen molar-refractivity contribution in [3.05, 3.63) is 29.3 Å². The number of halogens is 1. The lowest BCUT2D eigenvalue weighted by Crippen LogP contribution is -2.37. The Morgan fingerprint density at radius 1 is 1.45 bits per heavy atom. The zero-order valence-electron chi connectivity index (χ0n) is 11.8. The SMILES string of the molecule is CC1(C)CCC(CN(CC(=O)O)c2ccc(Cl)cc2)O1. The number of aliphatic carboxylic acids is 1. The molecular weight excluding hydrogens is 278 g/mol. The van der Waals surface area contributed by atoms with E-state index in [4.69, 9.17) is 21.4 Å². The van der Waals surface area contributed by atoms with E-state index in [9.17, 15) is 4.79 Å². The summed E-state index contributed by atoms with van der Waals surface area (Å²) in [6.07, 6.45) is 2.02. The van der Waals surface area contributed by atoms with Gasteiger partial charge in [0.2, 0.25) is 0 Å². The van der Waals surface area contributed by atoms with Crippen molar-refractivity contribution in [2.45, 2.75) is 38.4 Å². The third-order valence-electron chi connectivity index (χ3n) is 3.50. The Balaban J connectivity index is 2.08. The minimum absolute atomic E-state index is 0.0398. The van der Waals surface area contributed by atoms with Crippen LogP contribution < -0.4 is 4.90 Å². The van der Waals surface area contributed by atoms with E-state index in [0.29, 0.717) is 11.6 Å². The van der Waals surface area contributed by atoms with Gasteiger partial charge < -0.3 is 14.7 Å². The molecule has 0 bridgehead atoms. The summed E-state index contributed by atoms with van der Waals surface area (Å²) in [6, 6.07) is 7.22. The van der Waals surface area contributed by atoms with Crippen LogP contribution in [0.5, 0.6) is 0 Å². The van der Waals surface area contributed by atoms with Gasteiger partial charge in [-0.2, -0.15) is 0 Å². The summed E-state index contributed by atoms with van der Waals surface area (Å²) in [5.74, 6) is -0.850. The standard InChI is InChI=1S/C15H20ClNO3/c1-15(2)8-7-13(20-15)9-17(10-14(18)19)12-5-3-11(16)4-6-12/h3-6,13H,7-10H2,1-2H3,(H,18,19). The molecule has 0 amide bonds. The highest BCUT2D eigenvalue weighted by molar-refractivity contribution is 6.30. The van der Waals surface area contributed by atoms with Crippen molar-refractivity contribution >= 4 is 23.3 Å². The van der Waals surface area contributed by atoms with Crippen LogP contribution in [-0.2, 0) is 9.53 Å². The summed E-state index contributed by atoms with van der Waals surface area (Å²) >= 11 is 5.87. The van der Waals surface area contributed by atoms with Crippen molar-refractivity contribution in [3.63, 3.8) is 0 Å². The number of ether oxygens (including phenoxy) is 1. The number of carbonyl (C=O) groups is 1. The van der Waals surface area contributed by atoms with Crippen molar-refractivity contribution < 1.29 is 14.6 Å². The van der Waals surface area contributed by atoms with Crippen LogP contribution in [0.25, 0.3) is 0 Å². The minimum Gasteiger partial charge on any atom is -0.480 e. The summed E-state index contributed by atoms with van der Waals surface area (Å²) in [5.41, 5.74) is 0.740. The summed E-state index contributed by atoms with van der Waals surface area (Å²) in [7, 11) is 0. The van der Waals surface area contributed by atoms with Crippen LogP contribution in [0.2, 0.25) is 5.02 Å². The fourth-order valence-electron chi connectivity index (χ4n) is 2.53. The number of hydrogen-bond donors (Lipinski definition) is 1. The predicted molar refractivity (Wildman–Crippen MR) is 79.5 cm³/mol. The first-order chi connectivity index (χ1) is 9.35. The summed E-state index contributed by atoms with van der Waals surface area (Å²) in [4.78, 5) is 12.9. The normalized spacial score (nSPS) is 20.9. The molecule has 0 saturated carbocycles. The van der Waals surface area contributed by atoms with Gasteiger partial charge in [0.25, 0.3) is 0 Å². The molecule has 1 heterocycles. The number of carboxylic acids is 1. The smallest absolute Gasteiger partial charge is 0.323 e. The molecule has 20 heavy (non-hydrogen) atoms. The summed E-state index contributed by atoms with van der Waals surface area (Å²) in [5, 5.41) is 9.71. The van der Waals surface area contributed by atoms with Crippen LogP contribution >= 0.6 is 11.6 Å². The first-order valence-electron chi connectivity index (χ1n) is 6.76. The van der Waals surface area contributed by atoms with Gasteiger partial charge in [0, 0.05) is 17.3 Å². The maximum atomic E-state index is 11.0. The van der Waals surface area contributed by atoms with Gasteiger partial charge in [-0.1, -0.05) is 11.6 Å². The van der Waals surface area contributed by atoms with Crippen molar-refractivity contribution in [2.75, 3.05) is 18.0 Å². The largest absolute Gasteiger partial charge is 0.480 e. The Hall–Kier alpha value is -1.26. The van der Waals surface area contributed by atoms with Crippen molar-refractivity contribution in [1.29, 1.82) is 0 Å². The van der Waals surface area contributed by atoms with E-state index >= 15 is 0 Å². The molecule has 1 aromatic rings. The molecule has 0 radical (unpaired) electrons. The molecule has 2 rings (SSSR count).